The summed E-state index contributed by atoms with van der Waals surface area (Å²) in [4.78, 5) is 27.7. The van der Waals surface area contributed by atoms with E-state index in [1.807, 2.05) is 0 Å². The highest BCUT2D eigenvalue weighted by atomic mass is 16.5. The first kappa shape index (κ1) is 13.4. The molecule has 1 unspecified atom stereocenters. The molecule has 7 nitrogen and oxygen atoms in total. The van der Waals surface area contributed by atoms with Crippen molar-refractivity contribution in [3.05, 3.63) is 11.5 Å². The number of hydrogen-bond acceptors (Lipinski definition) is 5. The molecule has 0 radical (unpaired) electrons. The van der Waals surface area contributed by atoms with E-state index in [2.05, 4.69) is 10.3 Å². The second-order valence-corrected chi connectivity index (χ2v) is 4.43. The van der Waals surface area contributed by atoms with Gasteiger partial charge in [-0.25, -0.2) is 9.78 Å². The van der Waals surface area contributed by atoms with E-state index < -0.39 is 12.0 Å². The molecule has 0 bridgehead atoms. The van der Waals surface area contributed by atoms with Crippen molar-refractivity contribution in [3.8, 4) is 0 Å². The fraction of sp³-hybridized carbons (Fsp3) is 0.583. The summed E-state index contributed by atoms with van der Waals surface area (Å²) in [7, 11) is 0. The van der Waals surface area contributed by atoms with Crippen molar-refractivity contribution in [3.63, 3.8) is 0 Å². The van der Waals surface area contributed by atoms with Crippen LogP contribution in [0.1, 0.15) is 42.1 Å². The van der Waals surface area contributed by atoms with Gasteiger partial charge in [-0.05, 0) is 26.7 Å². The van der Waals surface area contributed by atoms with Crippen molar-refractivity contribution in [2.45, 2.75) is 32.7 Å². The summed E-state index contributed by atoms with van der Waals surface area (Å²) >= 11 is 0. The number of nitrogen functional groups attached to an aromatic ring is 1. The lowest BCUT2D eigenvalue weighted by atomic mass is 10.1. The van der Waals surface area contributed by atoms with Crippen LogP contribution in [0.5, 0.6) is 0 Å². The minimum absolute atomic E-state index is 0.0812. The number of nitrogens with one attached hydrogen (secondary N) is 1. The van der Waals surface area contributed by atoms with E-state index in [-0.39, 0.29) is 24.0 Å². The van der Waals surface area contributed by atoms with Gasteiger partial charge in [-0.1, -0.05) is 0 Å². The maximum Gasteiger partial charge on any atom is 0.360 e. The molecule has 1 aromatic rings. The Morgan fingerprint density at radius 3 is 3.00 bits per heavy atom. The van der Waals surface area contributed by atoms with Gasteiger partial charge in [0.2, 0.25) is 5.91 Å². The van der Waals surface area contributed by atoms with Crippen molar-refractivity contribution in [1.82, 2.24) is 14.9 Å². The number of aromatic nitrogens is 2. The third-order valence-corrected chi connectivity index (χ3v) is 3.16. The molecule has 1 aromatic heterocycles. The van der Waals surface area contributed by atoms with Gasteiger partial charge < -0.3 is 20.4 Å². The van der Waals surface area contributed by atoms with Crippen molar-refractivity contribution < 1.29 is 14.3 Å². The van der Waals surface area contributed by atoms with Crippen LogP contribution in [-0.2, 0) is 9.53 Å². The number of piperidine rings is 1. The normalized spacial score (nSPS) is 19.1. The number of carbonyl (C=O) groups is 2. The molecule has 1 aliphatic rings. The molecular formula is C12H18N4O3. The number of amides is 1. The average Bonchev–Trinajstić information content (AvgIpc) is 2.66. The summed E-state index contributed by atoms with van der Waals surface area (Å²) < 4.78 is 6.51. The van der Waals surface area contributed by atoms with Gasteiger partial charge in [0.15, 0.2) is 5.69 Å². The summed E-state index contributed by atoms with van der Waals surface area (Å²) in [5.74, 6) is 0.0903. The largest absolute Gasteiger partial charge is 0.461 e. The van der Waals surface area contributed by atoms with Crippen LogP contribution in [0, 0.1) is 6.92 Å². The zero-order valence-electron chi connectivity index (χ0n) is 11.1. The van der Waals surface area contributed by atoms with Gasteiger partial charge in [0.25, 0.3) is 0 Å². The molecule has 2 rings (SSSR count). The molecule has 1 amide bonds. The van der Waals surface area contributed by atoms with Gasteiger partial charge in [-0.2, -0.15) is 0 Å². The van der Waals surface area contributed by atoms with Crippen molar-refractivity contribution in [2.75, 3.05) is 18.9 Å². The number of imidazole rings is 1. The molecule has 3 N–H and O–H groups in total. The summed E-state index contributed by atoms with van der Waals surface area (Å²) in [5, 5.41) is 2.79. The van der Waals surface area contributed by atoms with Crippen molar-refractivity contribution >= 4 is 17.7 Å². The van der Waals surface area contributed by atoms with Gasteiger partial charge in [0.05, 0.1) is 6.61 Å². The van der Waals surface area contributed by atoms with Gasteiger partial charge in [-0.3, -0.25) is 4.79 Å². The number of ether oxygens (including phenoxy) is 1. The van der Waals surface area contributed by atoms with Crippen LogP contribution < -0.4 is 11.1 Å². The van der Waals surface area contributed by atoms with Crippen LogP contribution >= 0.6 is 0 Å². The molecule has 2 heterocycles. The molecule has 104 valence electrons. The Labute approximate surface area is 111 Å². The van der Waals surface area contributed by atoms with Crippen LogP contribution in [0.15, 0.2) is 0 Å². The topological polar surface area (TPSA) is 99.2 Å². The fourth-order valence-electron chi connectivity index (χ4n) is 2.31. The molecule has 1 atom stereocenters. The Hall–Kier alpha value is -2.05. The Bertz CT molecular complexity index is 509. The summed E-state index contributed by atoms with van der Waals surface area (Å²) in [6, 6.07) is -0.399. The lowest BCUT2D eigenvalue weighted by molar-refractivity contribution is -0.125. The highest BCUT2D eigenvalue weighted by Gasteiger charge is 2.30. The second kappa shape index (κ2) is 5.29. The molecule has 0 aromatic carbocycles. The minimum atomic E-state index is -0.557. The van der Waals surface area contributed by atoms with E-state index in [1.54, 1.807) is 18.4 Å². The molecular weight excluding hydrogens is 248 g/mol. The zero-order chi connectivity index (χ0) is 14.0. The first-order chi connectivity index (χ1) is 9.06. The highest BCUT2D eigenvalue weighted by molar-refractivity contribution is 5.93. The van der Waals surface area contributed by atoms with Crippen LogP contribution in [0.3, 0.4) is 0 Å². The van der Waals surface area contributed by atoms with Crippen LogP contribution in [-0.4, -0.2) is 34.6 Å². The zero-order valence-corrected chi connectivity index (χ0v) is 11.1. The quantitative estimate of drug-likeness (QED) is 0.771. The number of aryl methyl sites for hydroxylation is 1. The standard InChI is InChI=1S/C12H18N4O3/c1-3-19-12(18)9-10(13)16(7(2)15-9)8-5-4-6-14-11(8)17/h8H,3-6,13H2,1-2H3,(H,14,17). The maximum absolute atomic E-state index is 11.9. The first-order valence-corrected chi connectivity index (χ1v) is 6.35. The monoisotopic (exact) mass is 266 g/mol. The van der Waals surface area contributed by atoms with Crippen LogP contribution in [0.2, 0.25) is 0 Å². The van der Waals surface area contributed by atoms with E-state index in [0.29, 0.717) is 18.8 Å². The average molecular weight is 266 g/mol. The summed E-state index contributed by atoms with van der Waals surface area (Å²) in [6.07, 6.45) is 1.57. The number of anilines is 1. The molecule has 7 heteroatoms. The Morgan fingerprint density at radius 1 is 1.63 bits per heavy atom. The molecule has 1 aliphatic heterocycles. The lowest BCUT2D eigenvalue weighted by Gasteiger charge is -2.24. The summed E-state index contributed by atoms with van der Waals surface area (Å²) in [6.45, 7) is 4.37. The van der Waals surface area contributed by atoms with E-state index in [9.17, 15) is 9.59 Å². The number of hydrogen-bond donors (Lipinski definition) is 2. The van der Waals surface area contributed by atoms with Gasteiger partial charge in [0.1, 0.15) is 17.7 Å². The van der Waals surface area contributed by atoms with E-state index >= 15 is 0 Å². The second-order valence-electron chi connectivity index (χ2n) is 4.43. The Kier molecular flexibility index (Phi) is 3.73. The van der Waals surface area contributed by atoms with Crippen molar-refractivity contribution in [2.24, 2.45) is 0 Å². The van der Waals surface area contributed by atoms with E-state index in [0.717, 1.165) is 6.42 Å². The minimum Gasteiger partial charge on any atom is -0.461 e. The third kappa shape index (κ3) is 2.40. The molecule has 19 heavy (non-hydrogen) atoms. The number of rotatable bonds is 3. The molecule has 1 saturated heterocycles. The Morgan fingerprint density at radius 2 is 2.37 bits per heavy atom. The summed E-state index contributed by atoms with van der Waals surface area (Å²) in [5.41, 5.74) is 6.03. The van der Waals surface area contributed by atoms with E-state index in [4.69, 9.17) is 10.5 Å². The Balaban J connectivity index is 2.36. The highest BCUT2D eigenvalue weighted by Crippen LogP contribution is 2.26. The van der Waals surface area contributed by atoms with E-state index in [1.165, 1.54) is 0 Å². The molecule has 1 fully saturated rings. The fourth-order valence-corrected chi connectivity index (χ4v) is 2.31. The van der Waals surface area contributed by atoms with Crippen LogP contribution in [0.4, 0.5) is 5.82 Å². The van der Waals surface area contributed by atoms with Crippen LogP contribution in [0.25, 0.3) is 0 Å². The number of nitrogens with zero attached hydrogens (tertiary/aromatic N) is 2. The lowest BCUT2D eigenvalue weighted by Crippen LogP contribution is -2.38. The molecule has 0 saturated carbocycles. The molecule has 0 spiro atoms. The smallest absolute Gasteiger partial charge is 0.360 e. The predicted molar refractivity (Wildman–Crippen MR) is 68.6 cm³/mol. The van der Waals surface area contributed by atoms with Gasteiger partial charge in [-0.15, -0.1) is 0 Å². The van der Waals surface area contributed by atoms with Gasteiger partial charge in [0, 0.05) is 6.54 Å². The number of esters is 1. The predicted octanol–water partition coefficient (Wildman–Crippen LogP) is 0.402. The SMILES string of the molecule is CCOC(=O)c1nc(C)n(C2CCCNC2=O)c1N. The maximum atomic E-state index is 11.9. The molecule has 0 aliphatic carbocycles. The van der Waals surface area contributed by atoms with Gasteiger partial charge >= 0.3 is 5.97 Å². The third-order valence-electron chi connectivity index (χ3n) is 3.16. The van der Waals surface area contributed by atoms with Crippen molar-refractivity contribution in [1.29, 1.82) is 0 Å². The number of carbonyl (C=O) groups excluding carboxylic acids is 2. The first-order valence-electron chi connectivity index (χ1n) is 6.35. The number of nitrogens with two attached hydrogens (primary N) is 1.